The first kappa shape index (κ1) is 21.9. The van der Waals surface area contributed by atoms with Gasteiger partial charge in [-0.05, 0) is 18.1 Å². The van der Waals surface area contributed by atoms with Crippen molar-refractivity contribution >= 4 is 11.9 Å². The van der Waals surface area contributed by atoms with Crippen molar-refractivity contribution in [2.75, 3.05) is 32.7 Å². The molecule has 1 fully saturated rings. The fraction of sp³-hybridized carbons (Fsp3) is 0.364. The van der Waals surface area contributed by atoms with Gasteiger partial charge in [0, 0.05) is 31.7 Å². The molecule has 1 unspecified atom stereocenters. The van der Waals surface area contributed by atoms with Crippen molar-refractivity contribution in [2.45, 2.75) is 19.1 Å². The van der Waals surface area contributed by atoms with Crippen LogP contribution in [0.5, 0.6) is 0 Å². The van der Waals surface area contributed by atoms with Gasteiger partial charge in [0.1, 0.15) is 6.61 Å². The molecule has 1 saturated heterocycles. The topological polar surface area (TPSA) is 70.1 Å². The molecule has 8 heteroatoms. The molecule has 2 aromatic rings. The third-order valence-corrected chi connectivity index (χ3v) is 5.01. The summed E-state index contributed by atoms with van der Waals surface area (Å²) in [6.07, 6.45) is -1.20. The van der Waals surface area contributed by atoms with E-state index in [9.17, 15) is 23.5 Å². The first-order chi connectivity index (χ1) is 14.5. The maximum absolute atomic E-state index is 13.9. The number of amides is 1. The highest BCUT2D eigenvalue weighted by Gasteiger charge is 2.29. The Hall–Kier alpha value is -2.84. The molecule has 30 heavy (non-hydrogen) atoms. The normalized spacial score (nSPS) is 16.0. The van der Waals surface area contributed by atoms with E-state index in [4.69, 9.17) is 4.74 Å². The molecule has 0 bridgehead atoms. The van der Waals surface area contributed by atoms with Gasteiger partial charge < -0.3 is 14.7 Å². The Morgan fingerprint density at radius 1 is 1.00 bits per heavy atom. The van der Waals surface area contributed by atoms with Crippen molar-refractivity contribution < 1.29 is 28.2 Å². The molecule has 0 spiro atoms. The first-order valence-corrected chi connectivity index (χ1v) is 9.78. The van der Waals surface area contributed by atoms with Crippen molar-refractivity contribution in [1.29, 1.82) is 0 Å². The molecule has 0 aromatic heterocycles. The summed E-state index contributed by atoms with van der Waals surface area (Å²) in [6, 6.07) is 12.7. The molecule has 1 amide bonds. The molecule has 1 N–H and O–H groups in total. The molecule has 0 aliphatic carbocycles. The highest BCUT2D eigenvalue weighted by molar-refractivity contribution is 5.82. The highest BCUT2D eigenvalue weighted by atomic mass is 19.2. The predicted octanol–water partition coefficient (Wildman–Crippen LogP) is 2.28. The predicted molar refractivity (Wildman–Crippen MR) is 105 cm³/mol. The Morgan fingerprint density at radius 3 is 2.53 bits per heavy atom. The van der Waals surface area contributed by atoms with Crippen LogP contribution in [0.4, 0.5) is 8.78 Å². The molecule has 1 aliphatic heterocycles. The van der Waals surface area contributed by atoms with E-state index in [-0.39, 0.29) is 31.2 Å². The van der Waals surface area contributed by atoms with Crippen molar-refractivity contribution in [3.63, 3.8) is 0 Å². The van der Waals surface area contributed by atoms with Gasteiger partial charge in [0.2, 0.25) is 0 Å². The monoisotopic (exact) mass is 418 g/mol. The number of benzene rings is 2. The van der Waals surface area contributed by atoms with Crippen LogP contribution in [-0.4, -0.2) is 59.5 Å². The maximum Gasteiger partial charge on any atom is 0.320 e. The summed E-state index contributed by atoms with van der Waals surface area (Å²) < 4.78 is 32.6. The van der Waals surface area contributed by atoms with Crippen LogP contribution in [-0.2, 0) is 20.9 Å². The average molecular weight is 418 g/mol. The third kappa shape index (κ3) is 5.61. The van der Waals surface area contributed by atoms with Gasteiger partial charge in [-0.3, -0.25) is 14.5 Å². The Morgan fingerprint density at radius 2 is 1.77 bits per heavy atom. The number of nitrogens with zero attached hydrogens (tertiary/aromatic N) is 2. The maximum atomic E-state index is 13.9. The standard InChI is InChI=1S/C22H24F2N2O4/c23-18-9-4-8-17(20(18)24)21(28)22(29)26-11-5-10-25(12-13-26)14-19(27)30-15-16-6-2-1-3-7-16/h1-4,6-9,21,28H,5,10-15H2. The summed E-state index contributed by atoms with van der Waals surface area (Å²) in [4.78, 5) is 28.0. The number of aliphatic hydroxyl groups is 1. The summed E-state index contributed by atoms with van der Waals surface area (Å²) in [5.41, 5.74) is 0.516. The second kappa shape index (κ2) is 10.3. The molecule has 2 aromatic carbocycles. The molecule has 0 radical (unpaired) electrons. The molecular formula is C22H24F2N2O4. The van der Waals surface area contributed by atoms with Gasteiger partial charge in [0.15, 0.2) is 17.7 Å². The second-order valence-electron chi connectivity index (χ2n) is 7.15. The van der Waals surface area contributed by atoms with Crippen molar-refractivity contribution in [1.82, 2.24) is 9.80 Å². The lowest BCUT2D eigenvalue weighted by Crippen LogP contribution is -2.39. The minimum atomic E-state index is -1.77. The molecule has 3 rings (SSSR count). The van der Waals surface area contributed by atoms with Crippen molar-refractivity contribution in [2.24, 2.45) is 0 Å². The third-order valence-electron chi connectivity index (χ3n) is 5.01. The number of rotatable bonds is 6. The Kier molecular flexibility index (Phi) is 7.48. The smallest absolute Gasteiger partial charge is 0.320 e. The quantitative estimate of drug-likeness (QED) is 0.729. The van der Waals surface area contributed by atoms with Crippen LogP contribution in [0, 0.1) is 11.6 Å². The fourth-order valence-electron chi connectivity index (χ4n) is 3.35. The highest BCUT2D eigenvalue weighted by Crippen LogP contribution is 2.22. The largest absolute Gasteiger partial charge is 0.460 e. The second-order valence-corrected chi connectivity index (χ2v) is 7.15. The number of ether oxygens (including phenoxy) is 1. The number of aliphatic hydroxyl groups excluding tert-OH is 1. The van der Waals surface area contributed by atoms with Crippen LogP contribution < -0.4 is 0 Å². The van der Waals surface area contributed by atoms with E-state index in [0.717, 1.165) is 11.6 Å². The molecule has 6 nitrogen and oxygen atoms in total. The zero-order valence-corrected chi connectivity index (χ0v) is 16.5. The van der Waals surface area contributed by atoms with Gasteiger partial charge in [-0.15, -0.1) is 0 Å². The summed E-state index contributed by atoms with van der Waals surface area (Å²) in [5, 5.41) is 10.2. The van der Waals surface area contributed by atoms with Crippen LogP contribution in [0.1, 0.15) is 23.7 Å². The van der Waals surface area contributed by atoms with E-state index in [1.165, 1.54) is 17.0 Å². The van der Waals surface area contributed by atoms with Gasteiger partial charge >= 0.3 is 5.97 Å². The lowest BCUT2D eigenvalue weighted by Gasteiger charge is -2.24. The number of carbonyl (C=O) groups is 2. The summed E-state index contributed by atoms with van der Waals surface area (Å²) in [5.74, 6) is -3.39. The van der Waals surface area contributed by atoms with Crippen LogP contribution in [0.2, 0.25) is 0 Å². The Labute approximate surface area is 173 Å². The number of hydrogen-bond donors (Lipinski definition) is 1. The van der Waals surface area contributed by atoms with Gasteiger partial charge in [-0.2, -0.15) is 0 Å². The molecule has 1 aliphatic rings. The van der Waals surface area contributed by atoms with Crippen LogP contribution >= 0.6 is 0 Å². The molecular weight excluding hydrogens is 394 g/mol. The Balaban J connectivity index is 1.51. The van der Waals surface area contributed by atoms with E-state index >= 15 is 0 Å². The first-order valence-electron chi connectivity index (χ1n) is 9.78. The number of carbonyl (C=O) groups excluding carboxylic acids is 2. The molecule has 160 valence electrons. The van der Waals surface area contributed by atoms with Crippen molar-refractivity contribution in [3.05, 3.63) is 71.3 Å². The number of hydrogen-bond acceptors (Lipinski definition) is 5. The van der Waals surface area contributed by atoms with Crippen LogP contribution in [0.3, 0.4) is 0 Å². The lowest BCUT2D eigenvalue weighted by molar-refractivity contribution is -0.146. The Bertz CT molecular complexity index is 879. The van der Waals surface area contributed by atoms with Crippen molar-refractivity contribution in [3.8, 4) is 0 Å². The molecule has 0 saturated carbocycles. The number of esters is 1. The van der Waals surface area contributed by atoms with Gasteiger partial charge in [-0.25, -0.2) is 8.78 Å². The van der Waals surface area contributed by atoms with Gasteiger partial charge in [-0.1, -0.05) is 42.5 Å². The molecule has 1 atom stereocenters. The van der Waals surface area contributed by atoms with E-state index in [1.54, 1.807) is 0 Å². The molecule has 1 heterocycles. The zero-order chi connectivity index (χ0) is 21.5. The minimum absolute atomic E-state index is 0.0932. The van der Waals surface area contributed by atoms with Gasteiger partial charge in [0.25, 0.3) is 5.91 Å². The summed E-state index contributed by atoms with van der Waals surface area (Å²) >= 11 is 0. The van der Waals surface area contributed by atoms with Crippen LogP contribution in [0.15, 0.2) is 48.5 Å². The lowest BCUT2D eigenvalue weighted by atomic mass is 10.1. The fourth-order valence-corrected chi connectivity index (χ4v) is 3.35. The van der Waals surface area contributed by atoms with E-state index in [1.807, 2.05) is 35.2 Å². The zero-order valence-electron chi connectivity index (χ0n) is 16.5. The minimum Gasteiger partial charge on any atom is -0.460 e. The summed E-state index contributed by atoms with van der Waals surface area (Å²) in [7, 11) is 0. The number of halogens is 2. The van der Waals surface area contributed by atoms with E-state index in [2.05, 4.69) is 0 Å². The van der Waals surface area contributed by atoms with E-state index < -0.39 is 23.6 Å². The van der Waals surface area contributed by atoms with Crippen LogP contribution in [0.25, 0.3) is 0 Å². The SMILES string of the molecule is O=C(CN1CCCN(C(=O)C(O)c2cccc(F)c2F)CC1)OCc1ccccc1. The van der Waals surface area contributed by atoms with Gasteiger partial charge in [0.05, 0.1) is 6.54 Å². The summed E-state index contributed by atoms with van der Waals surface area (Å²) in [6.45, 7) is 1.89. The average Bonchev–Trinajstić information content (AvgIpc) is 2.99. The van der Waals surface area contributed by atoms with E-state index in [0.29, 0.717) is 26.1 Å².